The molecule has 0 unspecified atom stereocenters. The van der Waals surface area contributed by atoms with Gasteiger partial charge < -0.3 is 4.98 Å². The Kier molecular flexibility index (Phi) is 3.15. The molecular weight excluding hydrogens is 184 g/mol. The van der Waals surface area contributed by atoms with Crippen LogP contribution >= 0.6 is 0 Å². The van der Waals surface area contributed by atoms with Crippen LogP contribution in [-0.4, -0.2) is 23.0 Å². The van der Waals surface area contributed by atoms with Crippen LogP contribution in [0.3, 0.4) is 0 Å². The fourth-order valence-electron chi connectivity index (χ4n) is 2.82. The van der Waals surface area contributed by atoms with E-state index in [1.54, 1.807) is 0 Å². The van der Waals surface area contributed by atoms with E-state index in [0.717, 1.165) is 0 Å². The summed E-state index contributed by atoms with van der Waals surface area (Å²) in [4.78, 5) is 5.97. The average molecular weight is 206 g/mol. The van der Waals surface area contributed by atoms with Crippen LogP contribution in [0.25, 0.3) is 0 Å². The molecule has 0 radical (unpaired) electrons. The highest BCUT2D eigenvalue weighted by Crippen LogP contribution is 2.35. The molecule has 2 rings (SSSR count). The number of aromatic amines is 1. The molecular formula is C13H22N2. The molecule has 2 nitrogen and oxygen atoms in total. The molecule has 2 heteroatoms. The molecule has 0 spiro atoms. The third-order valence-electron chi connectivity index (χ3n) is 3.77. The number of aromatic nitrogens is 1. The van der Waals surface area contributed by atoms with E-state index in [0.29, 0.717) is 12.1 Å². The summed E-state index contributed by atoms with van der Waals surface area (Å²) in [6.07, 6.45) is 7.07. The molecule has 0 aliphatic carbocycles. The number of hydrogen-bond acceptors (Lipinski definition) is 1. The van der Waals surface area contributed by atoms with Crippen LogP contribution in [0, 0.1) is 0 Å². The third kappa shape index (κ3) is 1.83. The Bertz CT molecular complexity index is 316. The maximum Gasteiger partial charge on any atom is 0.0365 e. The van der Waals surface area contributed by atoms with Crippen molar-refractivity contribution in [2.75, 3.05) is 7.05 Å². The Hall–Kier alpha value is -0.760. The Balaban J connectivity index is 2.28. The summed E-state index contributed by atoms with van der Waals surface area (Å²) >= 11 is 0. The minimum atomic E-state index is 0.634. The monoisotopic (exact) mass is 206 g/mol. The largest absolute Gasteiger partial charge is 0.365 e. The first-order chi connectivity index (χ1) is 7.27. The van der Waals surface area contributed by atoms with Crippen molar-refractivity contribution in [3.8, 4) is 0 Å². The first-order valence-corrected chi connectivity index (χ1v) is 6.16. The predicted molar refractivity (Wildman–Crippen MR) is 64.0 cm³/mol. The van der Waals surface area contributed by atoms with Gasteiger partial charge in [0, 0.05) is 30.4 Å². The van der Waals surface area contributed by atoms with Gasteiger partial charge in [-0.2, -0.15) is 0 Å². The fraction of sp³-hybridized carbons (Fsp3) is 0.692. The summed E-state index contributed by atoms with van der Waals surface area (Å²) in [5, 5.41) is 0. The highest BCUT2D eigenvalue weighted by atomic mass is 15.2. The summed E-state index contributed by atoms with van der Waals surface area (Å²) < 4.78 is 0. The van der Waals surface area contributed by atoms with Crippen molar-refractivity contribution < 1.29 is 0 Å². The fourth-order valence-corrected chi connectivity index (χ4v) is 2.82. The van der Waals surface area contributed by atoms with Crippen molar-refractivity contribution in [1.29, 1.82) is 0 Å². The van der Waals surface area contributed by atoms with Gasteiger partial charge in [0.2, 0.25) is 0 Å². The number of nitrogens with zero attached hydrogens (tertiary/aromatic N) is 1. The van der Waals surface area contributed by atoms with Crippen LogP contribution in [0.4, 0.5) is 0 Å². The third-order valence-corrected chi connectivity index (χ3v) is 3.77. The summed E-state index contributed by atoms with van der Waals surface area (Å²) in [5.74, 6) is 0. The van der Waals surface area contributed by atoms with Gasteiger partial charge in [-0.3, -0.25) is 4.90 Å². The average Bonchev–Trinajstić information content (AvgIpc) is 2.69. The molecule has 15 heavy (non-hydrogen) atoms. The molecule has 2 heterocycles. The topological polar surface area (TPSA) is 19.0 Å². The van der Waals surface area contributed by atoms with Crippen LogP contribution in [0.5, 0.6) is 0 Å². The quantitative estimate of drug-likeness (QED) is 0.805. The second-order valence-electron chi connectivity index (χ2n) is 4.65. The van der Waals surface area contributed by atoms with E-state index in [-0.39, 0.29) is 0 Å². The van der Waals surface area contributed by atoms with Crippen molar-refractivity contribution in [3.63, 3.8) is 0 Å². The van der Waals surface area contributed by atoms with Gasteiger partial charge >= 0.3 is 0 Å². The van der Waals surface area contributed by atoms with Gasteiger partial charge in [-0.1, -0.05) is 20.3 Å². The van der Waals surface area contributed by atoms with Gasteiger partial charge in [0.25, 0.3) is 0 Å². The highest BCUT2D eigenvalue weighted by Gasteiger charge is 2.30. The molecule has 0 saturated heterocycles. The zero-order valence-corrected chi connectivity index (χ0v) is 10.1. The van der Waals surface area contributed by atoms with E-state index in [1.165, 1.54) is 36.9 Å². The van der Waals surface area contributed by atoms with Crippen molar-refractivity contribution in [1.82, 2.24) is 9.88 Å². The van der Waals surface area contributed by atoms with E-state index in [2.05, 4.69) is 43.0 Å². The standard InChI is InChI=1S/C13H22N2/c1-4-6-13-11-7-8-14-12(11)9-10(5-2)15(13)3/h7-8,10,13-14H,4-6,9H2,1-3H3/t10-,13+/m1/s1. The van der Waals surface area contributed by atoms with Gasteiger partial charge in [0.15, 0.2) is 0 Å². The lowest BCUT2D eigenvalue weighted by molar-refractivity contribution is 0.141. The molecule has 84 valence electrons. The predicted octanol–water partition coefficient (Wildman–Crippen LogP) is 3.12. The number of hydrogen-bond donors (Lipinski definition) is 1. The first kappa shape index (κ1) is 10.7. The summed E-state index contributed by atoms with van der Waals surface area (Å²) in [7, 11) is 2.28. The number of rotatable bonds is 3. The Morgan fingerprint density at radius 3 is 2.93 bits per heavy atom. The van der Waals surface area contributed by atoms with Gasteiger partial charge in [-0.15, -0.1) is 0 Å². The van der Waals surface area contributed by atoms with E-state index in [4.69, 9.17) is 0 Å². The van der Waals surface area contributed by atoms with Crippen LogP contribution in [0.1, 0.15) is 50.4 Å². The SMILES string of the molecule is CCC[C@H]1c2cc[nH]c2C[C@@H](CC)N1C. The van der Waals surface area contributed by atoms with E-state index in [9.17, 15) is 0 Å². The molecule has 1 aromatic rings. The molecule has 0 amide bonds. The van der Waals surface area contributed by atoms with Crippen molar-refractivity contribution in [2.45, 2.75) is 51.6 Å². The molecule has 0 fully saturated rings. The van der Waals surface area contributed by atoms with Gasteiger partial charge in [0.1, 0.15) is 0 Å². The summed E-state index contributed by atoms with van der Waals surface area (Å²) in [6.45, 7) is 4.56. The Morgan fingerprint density at radius 1 is 1.47 bits per heavy atom. The molecule has 0 bridgehead atoms. The summed E-state index contributed by atoms with van der Waals surface area (Å²) in [5.41, 5.74) is 3.00. The number of nitrogens with one attached hydrogen (secondary N) is 1. The minimum absolute atomic E-state index is 0.634. The molecule has 0 aromatic carbocycles. The molecule has 1 aliphatic heterocycles. The maximum atomic E-state index is 3.40. The van der Waals surface area contributed by atoms with Crippen molar-refractivity contribution >= 4 is 0 Å². The highest BCUT2D eigenvalue weighted by molar-refractivity contribution is 5.28. The lowest BCUT2D eigenvalue weighted by Gasteiger charge is -2.39. The molecule has 1 aromatic heterocycles. The Morgan fingerprint density at radius 2 is 2.27 bits per heavy atom. The lowest BCUT2D eigenvalue weighted by Crippen LogP contribution is -2.40. The zero-order chi connectivity index (χ0) is 10.8. The first-order valence-electron chi connectivity index (χ1n) is 6.16. The smallest absolute Gasteiger partial charge is 0.0365 e. The molecule has 1 N–H and O–H groups in total. The normalized spacial score (nSPS) is 26.6. The van der Waals surface area contributed by atoms with Crippen LogP contribution in [-0.2, 0) is 6.42 Å². The van der Waals surface area contributed by atoms with Gasteiger partial charge in [0.05, 0.1) is 0 Å². The minimum Gasteiger partial charge on any atom is -0.365 e. The number of likely N-dealkylation sites (N-methyl/N-ethyl adjacent to an activating group) is 1. The Labute approximate surface area is 92.7 Å². The zero-order valence-electron chi connectivity index (χ0n) is 10.1. The van der Waals surface area contributed by atoms with E-state index in [1.807, 2.05) is 0 Å². The molecule has 2 atom stereocenters. The summed E-state index contributed by atoms with van der Waals surface area (Å²) in [6, 6.07) is 3.61. The van der Waals surface area contributed by atoms with Gasteiger partial charge in [-0.05, 0) is 31.5 Å². The van der Waals surface area contributed by atoms with Gasteiger partial charge in [-0.25, -0.2) is 0 Å². The van der Waals surface area contributed by atoms with E-state index >= 15 is 0 Å². The molecule has 1 aliphatic rings. The maximum absolute atomic E-state index is 3.40. The van der Waals surface area contributed by atoms with Crippen molar-refractivity contribution in [2.24, 2.45) is 0 Å². The lowest BCUT2D eigenvalue weighted by atomic mass is 9.90. The van der Waals surface area contributed by atoms with Crippen LogP contribution in [0.15, 0.2) is 12.3 Å². The second kappa shape index (κ2) is 4.40. The van der Waals surface area contributed by atoms with E-state index < -0.39 is 0 Å². The number of fused-ring (bicyclic) bond motifs is 1. The van der Waals surface area contributed by atoms with Crippen molar-refractivity contribution in [3.05, 3.63) is 23.5 Å². The van der Waals surface area contributed by atoms with Crippen LogP contribution in [0.2, 0.25) is 0 Å². The number of H-pyrrole nitrogens is 1. The molecule has 0 saturated carbocycles. The van der Waals surface area contributed by atoms with Crippen LogP contribution < -0.4 is 0 Å². The second-order valence-corrected chi connectivity index (χ2v) is 4.65.